The van der Waals surface area contributed by atoms with Crippen LogP contribution in [0.15, 0.2) is 42.5 Å². The number of nitrogens with zero attached hydrogens (tertiary/aromatic N) is 2. The number of benzene rings is 2. The number of carbonyl (C=O) groups excluding carboxylic acids is 1. The molecule has 6 nitrogen and oxygen atoms in total. The molecule has 0 spiro atoms. The van der Waals surface area contributed by atoms with Crippen LogP contribution < -0.4 is 10.1 Å². The van der Waals surface area contributed by atoms with Gasteiger partial charge in [-0.1, -0.05) is 18.2 Å². The molecule has 0 amide bonds. The van der Waals surface area contributed by atoms with E-state index in [-0.39, 0.29) is 11.8 Å². The fraction of sp³-hybridized carbons (Fsp3) is 0.250. The van der Waals surface area contributed by atoms with Crippen LogP contribution in [0.1, 0.15) is 29.9 Å². The van der Waals surface area contributed by atoms with Crippen molar-refractivity contribution in [2.45, 2.75) is 26.9 Å². The van der Waals surface area contributed by atoms with Gasteiger partial charge in [-0.15, -0.1) is 0 Å². The number of anilines is 2. The van der Waals surface area contributed by atoms with Crippen molar-refractivity contribution < 1.29 is 14.3 Å². The Morgan fingerprint density at radius 2 is 1.77 bits per heavy atom. The SMILES string of the molecule is COc1ccc(C)cc1Nc1nc2ccccc2nc1C(=O)OC(C)C. The minimum atomic E-state index is -0.521. The van der Waals surface area contributed by atoms with Gasteiger partial charge in [0, 0.05) is 0 Å². The van der Waals surface area contributed by atoms with E-state index >= 15 is 0 Å². The zero-order valence-electron chi connectivity index (χ0n) is 15.2. The molecule has 6 heteroatoms. The highest BCUT2D eigenvalue weighted by Gasteiger charge is 2.20. The molecule has 0 radical (unpaired) electrons. The number of esters is 1. The van der Waals surface area contributed by atoms with Gasteiger partial charge in [0.25, 0.3) is 0 Å². The lowest BCUT2D eigenvalue weighted by Crippen LogP contribution is -2.16. The van der Waals surface area contributed by atoms with E-state index in [4.69, 9.17) is 9.47 Å². The minimum absolute atomic E-state index is 0.140. The van der Waals surface area contributed by atoms with Crippen LogP contribution in [0.4, 0.5) is 11.5 Å². The number of hydrogen-bond donors (Lipinski definition) is 1. The maximum absolute atomic E-state index is 12.5. The van der Waals surface area contributed by atoms with Crippen LogP contribution in [-0.4, -0.2) is 29.2 Å². The molecule has 0 aliphatic carbocycles. The molecule has 0 unspecified atom stereocenters. The highest BCUT2D eigenvalue weighted by Crippen LogP contribution is 2.30. The molecular formula is C20H21N3O3. The lowest BCUT2D eigenvalue weighted by Gasteiger charge is -2.15. The van der Waals surface area contributed by atoms with Gasteiger partial charge in [0.1, 0.15) is 5.75 Å². The quantitative estimate of drug-likeness (QED) is 0.693. The van der Waals surface area contributed by atoms with E-state index < -0.39 is 5.97 Å². The number of carbonyl (C=O) groups is 1. The summed E-state index contributed by atoms with van der Waals surface area (Å²) in [7, 11) is 1.59. The first-order chi connectivity index (χ1) is 12.5. The molecule has 1 heterocycles. The van der Waals surface area contributed by atoms with E-state index in [0.717, 1.165) is 5.56 Å². The number of nitrogens with one attached hydrogen (secondary N) is 1. The third-order valence-corrected chi connectivity index (χ3v) is 3.71. The number of ether oxygens (including phenoxy) is 2. The van der Waals surface area contributed by atoms with Crippen molar-refractivity contribution in [1.82, 2.24) is 9.97 Å². The van der Waals surface area contributed by atoms with Crippen LogP contribution in [0.25, 0.3) is 11.0 Å². The molecule has 1 aromatic heterocycles. The molecule has 0 atom stereocenters. The fourth-order valence-electron chi connectivity index (χ4n) is 2.55. The first-order valence-corrected chi connectivity index (χ1v) is 8.37. The molecule has 3 aromatic rings. The molecule has 0 bridgehead atoms. The Kier molecular flexibility index (Phi) is 5.02. The monoisotopic (exact) mass is 351 g/mol. The Morgan fingerprint density at radius 3 is 2.42 bits per heavy atom. The molecule has 0 aliphatic heterocycles. The average Bonchev–Trinajstić information content (AvgIpc) is 2.60. The van der Waals surface area contributed by atoms with Crippen molar-refractivity contribution in [1.29, 1.82) is 0 Å². The average molecular weight is 351 g/mol. The zero-order valence-corrected chi connectivity index (χ0v) is 15.2. The second kappa shape index (κ2) is 7.39. The number of hydrogen-bond acceptors (Lipinski definition) is 6. The lowest BCUT2D eigenvalue weighted by molar-refractivity contribution is 0.0372. The van der Waals surface area contributed by atoms with Crippen molar-refractivity contribution in [3.05, 3.63) is 53.7 Å². The Labute approximate surface area is 152 Å². The Bertz CT molecular complexity index is 954. The van der Waals surface area contributed by atoms with Crippen LogP contribution in [-0.2, 0) is 4.74 Å². The van der Waals surface area contributed by atoms with E-state index in [2.05, 4.69) is 15.3 Å². The van der Waals surface area contributed by atoms with Crippen LogP contribution in [0.5, 0.6) is 5.75 Å². The molecule has 1 N–H and O–H groups in total. The summed E-state index contributed by atoms with van der Waals surface area (Å²) in [4.78, 5) is 21.6. The highest BCUT2D eigenvalue weighted by atomic mass is 16.5. The molecule has 26 heavy (non-hydrogen) atoms. The predicted molar refractivity (Wildman–Crippen MR) is 101 cm³/mol. The fourth-order valence-corrected chi connectivity index (χ4v) is 2.55. The summed E-state index contributed by atoms with van der Waals surface area (Å²) in [5.41, 5.74) is 3.21. The zero-order chi connectivity index (χ0) is 18.7. The van der Waals surface area contributed by atoms with Gasteiger partial charge in [0.15, 0.2) is 11.5 Å². The van der Waals surface area contributed by atoms with E-state index in [0.29, 0.717) is 28.3 Å². The number of aromatic nitrogens is 2. The van der Waals surface area contributed by atoms with Gasteiger partial charge in [0.05, 0.1) is 29.9 Å². The lowest BCUT2D eigenvalue weighted by atomic mass is 10.2. The van der Waals surface area contributed by atoms with E-state index in [1.165, 1.54) is 0 Å². The number of aryl methyl sites for hydroxylation is 1. The Hall–Kier alpha value is -3.15. The number of rotatable bonds is 5. The summed E-state index contributed by atoms with van der Waals surface area (Å²) in [5, 5.41) is 3.18. The van der Waals surface area contributed by atoms with Crippen molar-refractivity contribution in [2.75, 3.05) is 12.4 Å². The largest absolute Gasteiger partial charge is 0.495 e. The van der Waals surface area contributed by atoms with Crippen LogP contribution in [0, 0.1) is 6.92 Å². The summed E-state index contributed by atoms with van der Waals surface area (Å²) >= 11 is 0. The summed E-state index contributed by atoms with van der Waals surface area (Å²) in [6.07, 6.45) is -0.253. The highest BCUT2D eigenvalue weighted by molar-refractivity contribution is 5.96. The molecule has 2 aromatic carbocycles. The van der Waals surface area contributed by atoms with Crippen molar-refractivity contribution in [2.24, 2.45) is 0 Å². The number of para-hydroxylation sites is 2. The predicted octanol–water partition coefficient (Wildman–Crippen LogP) is 4.26. The molecule has 3 rings (SSSR count). The maximum Gasteiger partial charge on any atom is 0.361 e. The van der Waals surface area contributed by atoms with E-state index in [9.17, 15) is 4.79 Å². The molecule has 0 aliphatic rings. The summed E-state index contributed by atoms with van der Waals surface area (Å²) in [5.74, 6) is 0.458. The normalized spacial score (nSPS) is 10.8. The summed E-state index contributed by atoms with van der Waals surface area (Å²) in [6, 6.07) is 13.1. The second-order valence-corrected chi connectivity index (χ2v) is 6.19. The smallest absolute Gasteiger partial charge is 0.361 e. The molecule has 0 saturated heterocycles. The van der Waals surface area contributed by atoms with Crippen LogP contribution >= 0.6 is 0 Å². The topological polar surface area (TPSA) is 73.3 Å². The number of methoxy groups -OCH3 is 1. The van der Waals surface area contributed by atoms with Gasteiger partial charge in [-0.25, -0.2) is 14.8 Å². The van der Waals surface area contributed by atoms with Crippen molar-refractivity contribution in [3.63, 3.8) is 0 Å². The molecular weight excluding hydrogens is 330 g/mol. The van der Waals surface area contributed by atoms with E-state index in [1.807, 2.05) is 49.4 Å². The number of fused-ring (bicyclic) bond motifs is 1. The van der Waals surface area contributed by atoms with E-state index in [1.54, 1.807) is 21.0 Å². The van der Waals surface area contributed by atoms with Gasteiger partial charge in [-0.2, -0.15) is 0 Å². The van der Waals surface area contributed by atoms with Gasteiger partial charge >= 0.3 is 5.97 Å². The molecule has 0 saturated carbocycles. The Morgan fingerprint density at radius 1 is 1.08 bits per heavy atom. The first kappa shape index (κ1) is 17.7. The van der Waals surface area contributed by atoms with Crippen molar-refractivity contribution >= 4 is 28.5 Å². The minimum Gasteiger partial charge on any atom is -0.495 e. The van der Waals surface area contributed by atoms with Crippen LogP contribution in [0.3, 0.4) is 0 Å². The van der Waals surface area contributed by atoms with Crippen molar-refractivity contribution in [3.8, 4) is 5.75 Å². The van der Waals surface area contributed by atoms with Gasteiger partial charge in [-0.3, -0.25) is 0 Å². The second-order valence-electron chi connectivity index (χ2n) is 6.19. The Balaban J connectivity index is 2.11. The van der Waals surface area contributed by atoms with Gasteiger partial charge < -0.3 is 14.8 Å². The first-order valence-electron chi connectivity index (χ1n) is 8.37. The third kappa shape index (κ3) is 3.74. The standard InChI is InChI=1S/C20H21N3O3/c1-12(2)26-20(24)18-19(22-15-8-6-5-7-14(15)21-18)23-16-11-13(3)9-10-17(16)25-4/h5-12H,1-4H3,(H,22,23). The summed E-state index contributed by atoms with van der Waals surface area (Å²) in [6.45, 7) is 5.57. The van der Waals surface area contributed by atoms with Gasteiger partial charge in [0.2, 0.25) is 0 Å². The van der Waals surface area contributed by atoms with Crippen LogP contribution in [0.2, 0.25) is 0 Å². The maximum atomic E-state index is 12.5. The summed E-state index contributed by atoms with van der Waals surface area (Å²) < 4.78 is 10.7. The molecule has 134 valence electrons. The third-order valence-electron chi connectivity index (χ3n) is 3.71. The molecule has 0 fully saturated rings. The van der Waals surface area contributed by atoms with Gasteiger partial charge in [-0.05, 0) is 50.6 Å².